The van der Waals surface area contributed by atoms with Gasteiger partial charge in [-0.05, 0) is 13.8 Å². The molecule has 1 heterocycles. The molecule has 20 heavy (non-hydrogen) atoms. The van der Waals surface area contributed by atoms with Gasteiger partial charge in [-0.15, -0.1) is 13.2 Å². The van der Waals surface area contributed by atoms with E-state index in [0.717, 1.165) is 6.07 Å². The molecule has 0 aromatic carbocycles. The molecular formula is C10H9F3N2O5. The number of aromatic nitrogens is 1. The van der Waals surface area contributed by atoms with Crippen molar-refractivity contribution in [2.45, 2.75) is 20.2 Å². The van der Waals surface area contributed by atoms with Gasteiger partial charge >= 0.3 is 12.3 Å². The van der Waals surface area contributed by atoms with E-state index in [9.17, 15) is 28.1 Å². The number of nitro groups is 1. The molecule has 0 radical (unpaired) electrons. The summed E-state index contributed by atoms with van der Waals surface area (Å²) in [5.74, 6) is -2.52. The molecule has 0 spiro atoms. The summed E-state index contributed by atoms with van der Waals surface area (Å²) in [7, 11) is 0. The van der Waals surface area contributed by atoms with Crippen molar-refractivity contribution in [2.75, 3.05) is 6.61 Å². The maximum atomic E-state index is 12.3. The molecule has 1 aromatic rings. The van der Waals surface area contributed by atoms with Crippen LogP contribution in [0.4, 0.5) is 18.9 Å². The van der Waals surface area contributed by atoms with Crippen molar-refractivity contribution in [3.8, 4) is 5.88 Å². The summed E-state index contributed by atoms with van der Waals surface area (Å²) >= 11 is 0. The molecule has 0 aliphatic rings. The van der Waals surface area contributed by atoms with E-state index in [-0.39, 0.29) is 12.3 Å². The number of hydrogen-bond acceptors (Lipinski definition) is 6. The number of pyridine rings is 1. The van der Waals surface area contributed by atoms with Crippen molar-refractivity contribution in [1.29, 1.82) is 0 Å². The first-order chi connectivity index (χ1) is 9.15. The van der Waals surface area contributed by atoms with E-state index >= 15 is 0 Å². The number of hydrogen-bond donors (Lipinski definition) is 0. The van der Waals surface area contributed by atoms with Gasteiger partial charge < -0.3 is 9.47 Å². The van der Waals surface area contributed by atoms with E-state index in [4.69, 9.17) is 0 Å². The molecule has 0 N–H and O–H groups in total. The Morgan fingerprint density at radius 1 is 1.50 bits per heavy atom. The van der Waals surface area contributed by atoms with Gasteiger partial charge in [-0.2, -0.15) is 0 Å². The number of nitrogens with zero attached hydrogens (tertiary/aromatic N) is 2. The Kier molecular flexibility index (Phi) is 4.48. The van der Waals surface area contributed by atoms with Crippen LogP contribution in [0.2, 0.25) is 0 Å². The van der Waals surface area contributed by atoms with Crippen LogP contribution in [0.3, 0.4) is 0 Å². The van der Waals surface area contributed by atoms with Gasteiger partial charge in [-0.1, -0.05) is 0 Å². The van der Waals surface area contributed by atoms with E-state index < -0.39 is 34.4 Å². The number of ether oxygens (including phenoxy) is 2. The summed E-state index contributed by atoms with van der Waals surface area (Å²) in [6.45, 7) is 2.45. The number of aryl methyl sites for hydroxylation is 1. The van der Waals surface area contributed by atoms with Crippen LogP contribution in [-0.2, 0) is 4.74 Å². The first kappa shape index (κ1) is 15.7. The Bertz CT molecular complexity index is 544. The van der Waals surface area contributed by atoms with E-state index in [1.54, 1.807) is 0 Å². The Morgan fingerprint density at radius 2 is 2.10 bits per heavy atom. The molecule has 0 saturated heterocycles. The molecule has 10 heteroatoms. The lowest BCUT2D eigenvalue weighted by atomic mass is 10.2. The highest BCUT2D eigenvalue weighted by Gasteiger charge is 2.37. The highest BCUT2D eigenvalue weighted by molar-refractivity contribution is 5.96. The number of alkyl halides is 3. The number of rotatable bonds is 4. The van der Waals surface area contributed by atoms with Gasteiger partial charge in [0, 0.05) is 11.8 Å². The normalized spacial score (nSPS) is 11.1. The molecule has 0 aliphatic carbocycles. The van der Waals surface area contributed by atoms with Crippen LogP contribution in [0.15, 0.2) is 6.07 Å². The van der Waals surface area contributed by atoms with Crippen LogP contribution >= 0.6 is 0 Å². The second-order valence-corrected chi connectivity index (χ2v) is 3.49. The fourth-order valence-corrected chi connectivity index (χ4v) is 1.35. The van der Waals surface area contributed by atoms with Gasteiger partial charge in [-0.25, -0.2) is 9.78 Å². The first-order valence-corrected chi connectivity index (χ1v) is 5.24. The summed E-state index contributed by atoms with van der Waals surface area (Å²) < 4.78 is 44.8. The van der Waals surface area contributed by atoms with Crippen molar-refractivity contribution in [1.82, 2.24) is 4.98 Å². The van der Waals surface area contributed by atoms with Gasteiger partial charge in [0.2, 0.25) is 5.88 Å². The second kappa shape index (κ2) is 5.72. The molecule has 0 saturated carbocycles. The molecule has 0 bridgehead atoms. The van der Waals surface area contributed by atoms with Gasteiger partial charge in [0.25, 0.3) is 5.69 Å². The van der Waals surface area contributed by atoms with Crippen LogP contribution in [-0.4, -0.2) is 28.8 Å². The first-order valence-electron chi connectivity index (χ1n) is 5.24. The van der Waals surface area contributed by atoms with Crippen LogP contribution in [0.25, 0.3) is 0 Å². The zero-order chi connectivity index (χ0) is 15.5. The minimum Gasteiger partial charge on any atom is -0.462 e. The SMILES string of the molecule is CCOC(=O)c1c([N+](=O)[O-])cc(C)nc1OC(F)(F)F. The molecule has 1 aromatic heterocycles. The van der Waals surface area contributed by atoms with E-state index in [1.165, 1.54) is 13.8 Å². The Balaban J connectivity index is 3.47. The maximum Gasteiger partial charge on any atom is 0.574 e. The fourth-order valence-electron chi connectivity index (χ4n) is 1.35. The Morgan fingerprint density at radius 3 is 2.55 bits per heavy atom. The minimum absolute atomic E-state index is 0.107. The number of esters is 1. The minimum atomic E-state index is -5.14. The van der Waals surface area contributed by atoms with Crippen molar-refractivity contribution >= 4 is 11.7 Å². The summed E-state index contributed by atoms with van der Waals surface area (Å²) in [6, 6.07) is 0.857. The molecular weight excluding hydrogens is 285 g/mol. The molecule has 0 unspecified atom stereocenters. The van der Waals surface area contributed by atoms with Crippen molar-refractivity contribution in [2.24, 2.45) is 0 Å². The number of carbonyl (C=O) groups is 1. The molecule has 0 fully saturated rings. The number of halogens is 3. The van der Waals surface area contributed by atoms with Gasteiger partial charge in [0.1, 0.15) is 0 Å². The van der Waals surface area contributed by atoms with E-state index in [0.29, 0.717) is 0 Å². The van der Waals surface area contributed by atoms with Gasteiger partial charge in [-0.3, -0.25) is 10.1 Å². The van der Waals surface area contributed by atoms with E-state index in [1.807, 2.05) is 0 Å². The largest absolute Gasteiger partial charge is 0.574 e. The Hall–Kier alpha value is -2.39. The molecule has 0 amide bonds. The lowest BCUT2D eigenvalue weighted by Crippen LogP contribution is -2.21. The van der Waals surface area contributed by atoms with Crippen LogP contribution in [0, 0.1) is 17.0 Å². The zero-order valence-electron chi connectivity index (χ0n) is 10.4. The topological polar surface area (TPSA) is 91.6 Å². The highest BCUT2D eigenvalue weighted by Crippen LogP contribution is 2.32. The third kappa shape index (κ3) is 3.80. The molecule has 1 rings (SSSR count). The highest BCUT2D eigenvalue weighted by atomic mass is 19.4. The maximum absolute atomic E-state index is 12.3. The van der Waals surface area contributed by atoms with Gasteiger partial charge in [0.05, 0.1) is 11.5 Å². The lowest BCUT2D eigenvalue weighted by Gasteiger charge is -2.12. The second-order valence-electron chi connectivity index (χ2n) is 3.49. The van der Waals surface area contributed by atoms with Crippen LogP contribution in [0.5, 0.6) is 5.88 Å². The van der Waals surface area contributed by atoms with Crippen molar-refractivity contribution < 1.29 is 32.4 Å². The molecule has 7 nitrogen and oxygen atoms in total. The van der Waals surface area contributed by atoms with Gasteiger partial charge in [0.15, 0.2) is 5.56 Å². The fraction of sp³-hybridized carbons (Fsp3) is 0.400. The zero-order valence-corrected chi connectivity index (χ0v) is 10.4. The smallest absolute Gasteiger partial charge is 0.462 e. The Labute approximate surface area is 110 Å². The predicted molar refractivity (Wildman–Crippen MR) is 58.3 cm³/mol. The summed E-state index contributed by atoms with van der Waals surface area (Å²) in [5.41, 5.74) is -1.95. The average molecular weight is 294 g/mol. The summed E-state index contributed by atoms with van der Waals surface area (Å²) in [5, 5.41) is 10.8. The third-order valence-electron chi connectivity index (χ3n) is 1.98. The summed E-state index contributed by atoms with van der Waals surface area (Å²) in [4.78, 5) is 24.8. The monoisotopic (exact) mass is 294 g/mol. The molecule has 0 atom stereocenters. The standard InChI is InChI=1S/C10H9F3N2O5/c1-3-19-9(16)7-6(15(17)18)4-5(2)14-8(7)20-10(11,12)13/h4H,3H2,1-2H3. The van der Waals surface area contributed by atoms with Crippen molar-refractivity contribution in [3.05, 3.63) is 27.4 Å². The van der Waals surface area contributed by atoms with Crippen LogP contribution in [0.1, 0.15) is 23.0 Å². The average Bonchev–Trinajstić information content (AvgIpc) is 2.25. The van der Waals surface area contributed by atoms with E-state index in [2.05, 4.69) is 14.5 Å². The molecule has 0 aliphatic heterocycles. The molecule has 110 valence electrons. The van der Waals surface area contributed by atoms with Crippen molar-refractivity contribution in [3.63, 3.8) is 0 Å². The third-order valence-corrected chi connectivity index (χ3v) is 1.98. The summed E-state index contributed by atoms with van der Waals surface area (Å²) in [6.07, 6.45) is -5.14. The predicted octanol–water partition coefficient (Wildman–Crippen LogP) is 2.37. The quantitative estimate of drug-likeness (QED) is 0.481. The lowest BCUT2D eigenvalue weighted by molar-refractivity contribution is -0.385. The number of carbonyl (C=O) groups excluding carboxylic acids is 1. The van der Waals surface area contributed by atoms with Crippen LogP contribution < -0.4 is 4.74 Å².